The number of rotatable bonds is 1. The first-order valence-electron chi connectivity index (χ1n) is 3.79. The summed E-state index contributed by atoms with van der Waals surface area (Å²) in [5, 5.41) is 8.53. The van der Waals surface area contributed by atoms with Gasteiger partial charge < -0.3 is 5.32 Å². The van der Waals surface area contributed by atoms with Crippen LogP contribution in [-0.4, -0.2) is 11.9 Å². The molecule has 0 aliphatic carbocycles. The van der Waals surface area contributed by atoms with E-state index >= 15 is 0 Å². The molecule has 4 nitrogen and oxygen atoms in total. The lowest BCUT2D eigenvalue weighted by Gasteiger charge is -2.18. The Kier molecular flexibility index (Phi) is 1.63. The van der Waals surface area contributed by atoms with Crippen molar-refractivity contribution >= 4 is 23.3 Å². The van der Waals surface area contributed by atoms with E-state index in [1.165, 1.54) is 11.3 Å². The third-order valence-electron chi connectivity index (χ3n) is 2.14. The summed E-state index contributed by atoms with van der Waals surface area (Å²) in [5.41, 5.74) is -0.0716. The van der Waals surface area contributed by atoms with E-state index in [0.29, 0.717) is 0 Å². The third-order valence-corrected chi connectivity index (χ3v) is 2.83. The summed E-state index contributed by atoms with van der Waals surface area (Å²) >= 11 is 1.50. The summed E-state index contributed by atoms with van der Waals surface area (Å²) in [5.74, 6) is -0.295. The lowest BCUT2D eigenvalue weighted by Crippen LogP contribution is -2.40. The molecule has 0 aromatic carbocycles. The largest absolute Gasteiger partial charge is 0.322 e. The summed E-state index contributed by atoms with van der Waals surface area (Å²) in [6, 6.07) is 1.40. The first-order chi connectivity index (χ1) is 6.13. The summed E-state index contributed by atoms with van der Waals surface area (Å²) < 4.78 is 0. The second kappa shape index (κ2) is 2.56. The van der Waals surface area contributed by atoms with Crippen LogP contribution < -0.4 is 10.6 Å². The Morgan fingerprint density at radius 3 is 2.69 bits per heavy atom. The molecule has 2 rings (SSSR count). The molecule has 1 aliphatic heterocycles. The standard InChI is InChI=1S/C8H8N2O2S/c1-8(5-2-3-13-4-5)6(11)9-7(12)10-8/h2-4H,1H3,(H2,9,10,11,12)/t8-/m0/s1. The molecule has 2 N–H and O–H groups in total. The maximum Gasteiger partial charge on any atom is 0.322 e. The van der Waals surface area contributed by atoms with E-state index in [1.807, 2.05) is 16.8 Å². The van der Waals surface area contributed by atoms with Crippen LogP contribution in [0.1, 0.15) is 12.5 Å². The van der Waals surface area contributed by atoms with Gasteiger partial charge in [-0.15, -0.1) is 0 Å². The third kappa shape index (κ3) is 1.12. The van der Waals surface area contributed by atoms with Crippen molar-refractivity contribution in [3.8, 4) is 0 Å². The van der Waals surface area contributed by atoms with Gasteiger partial charge in [-0.2, -0.15) is 11.3 Å². The molecule has 1 fully saturated rings. The van der Waals surface area contributed by atoms with Gasteiger partial charge in [0.15, 0.2) is 0 Å². The summed E-state index contributed by atoms with van der Waals surface area (Å²) in [4.78, 5) is 22.3. The van der Waals surface area contributed by atoms with Crippen LogP contribution in [-0.2, 0) is 10.3 Å². The van der Waals surface area contributed by atoms with E-state index in [1.54, 1.807) is 6.92 Å². The monoisotopic (exact) mass is 196 g/mol. The zero-order valence-corrected chi connectivity index (χ0v) is 7.77. The molecule has 1 aromatic heterocycles. The highest BCUT2D eigenvalue weighted by atomic mass is 32.1. The Balaban J connectivity index is 2.42. The predicted octanol–water partition coefficient (Wildman–Crippen LogP) is 0.803. The molecule has 2 heterocycles. The Labute approximate surface area is 78.9 Å². The highest BCUT2D eigenvalue weighted by molar-refractivity contribution is 7.08. The van der Waals surface area contributed by atoms with Gasteiger partial charge in [-0.3, -0.25) is 10.1 Å². The van der Waals surface area contributed by atoms with E-state index in [9.17, 15) is 9.59 Å². The fourth-order valence-corrected chi connectivity index (χ4v) is 2.06. The van der Waals surface area contributed by atoms with Crippen molar-refractivity contribution in [1.82, 2.24) is 10.6 Å². The van der Waals surface area contributed by atoms with Gasteiger partial charge in [-0.25, -0.2) is 4.79 Å². The molecule has 1 saturated heterocycles. The number of urea groups is 1. The van der Waals surface area contributed by atoms with E-state index in [-0.39, 0.29) is 5.91 Å². The number of carbonyl (C=O) groups excluding carboxylic acids is 2. The van der Waals surface area contributed by atoms with Crippen molar-refractivity contribution in [2.45, 2.75) is 12.5 Å². The van der Waals surface area contributed by atoms with Gasteiger partial charge in [0.1, 0.15) is 5.54 Å². The lowest BCUT2D eigenvalue weighted by atomic mass is 9.95. The Morgan fingerprint density at radius 2 is 2.23 bits per heavy atom. The van der Waals surface area contributed by atoms with Crippen LogP contribution in [0.4, 0.5) is 4.79 Å². The smallest absolute Gasteiger partial charge is 0.320 e. The maximum absolute atomic E-state index is 11.4. The summed E-state index contributed by atoms with van der Waals surface area (Å²) in [6.07, 6.45) is 0. The van der Waals surface area contributed by atoms with Crippen LogP contribution >= 0.6 is 11.3 Å². The average molecular weight is 196 g/mol. The van der Waals surface area contributed by atoms with Gasteiger partial charge in [0, 0.05) is 0 Å². The second-order valence-electron chi connectivity index (χ2n) is 3.05. The van der Waals surface area contributed by atoms with Gasteiger partial charge in [0.25, 0.3) is 5.91 Å². The van der Waals surface area contributed by atoms with Crippen LogP contribution in [0, 0.1) is 0 Å². The van der Waals surface area contributed by atoms with Crippen molar-refractivity contribution in [2.24, 2.45) is 0 Å². The van der Waals surface area contributed by atoms with Crippen molar-refractivity contribution in [1.29, 1.82) is 0 Å². The van der Waals surface area contributed by atoms with Gasteiger partial charge in [0.05, 0.1) is 0 Å². The van der Waals surface area contributed by atoms with Crippen LogP contribution in [0.2, 0.25) is 0 Å². The SMILES string of the molecule is C[C@@]1(c2ccsc2)NC(=O)NC1=O. The van der Waals surface area contributed by atoms with Crippen LogP contribution in [0.15, 0.2) is 16.8 Å². The summed E-state index contributed by atoms with van der Waals surface area (Å²) in [6.45, 7) is 1.69. The highest BCUT2D eigenvalue weighted by Crippen LogP contribution is 2.25. The molecule has 1 aliphatic rings. The molecule has 68 valence electrons. The quantitative estimate of drug-likeness (QED) is 0.653. The fraction of sp³-hybridized carbons (Fsp3) is 0.250. The number of hydrogen-bond acceptors (Lipinski definition) is 3. The number of thiophene rings is 1. The van der Waals surface area contributed by atoms with Gasteiger partial charge in [0.2, 0.25) is 0 Å². The molecule has 0 saturated carbocycles. The molecule has 0 bridgehead atoms. The fourth-order valence-electron chi connectivity index (χ4n) is 1.30. The first kappa shape index (κ1) is 8.25. The lowest BCUT2D eigenvalue weighted by molar-refractivity contribution is -0.123. The molecule has 0 radical (unpaired) electrons. The number of hydrogen-bond donors (Lipinski definition) is 2. The summed E-state index contributed by atoms with van der Waals surface area (Å²) in [7, 11) is 0. The van der Waals surface area contributed by atoms with Gasteiger partial charge in [-0.1, -0.05) is 0 Å². The highest BCUT2D eigenvalue weighted by Gasteiger charge is 2.43. The topological polar surface area (TPSA) is 58.2 Å². The van der Waals surface area contributed by atoms with E-state index < -0.39 is 11.6 Å². The zero-order valence-electron chi connectivity index (χ0n) is 6.96. The van der Waals surface area contributed by atoms with E-state index in [4.69, 9.17) is 0 Å². The maximum atomic E-state index is 11.4. The van der Waals surface area contributed by atoms with Gasteiger partial charge >= 0.3 is 6.03 Å². The van der Waals surface area contributed by atoms with Crippen LogP contribution in [0.3, 0.4) is 0 Å². The second-order valence-corrected chi connectivity index (χ2v) is 3.83. The molecule has 0 spiro atoms. The molecular formula is C8H8N2O2S. The Hall–Kier alpha value is -1.36. The molecule has 13 heavy (non-hydrogen) atoms. The number of amides is 3. The minimum Gasteiger partial charge on any atom is -0.320 e. The predicted molar refractivity (Wildman–Crippen MR) is 48.3 cm³/mol. The average Bonchev–Trinajstić information content (AvgIpc) is 2.61. The van der Waals surface area contributed by atoms with Crippen LogP contribution in [0.25, 0.3) is 0 Å². The van der Waals surface area contributed by atoms with Crippen molar-refractivity contribution < 1.29 is 9.59 Å². The molecule has 3 amide bonds. The van der Waals surface area contributed by atoms with Crippen molar-refractivity contribution in [3.63, 3.8) is 0 Å². The van der Waals surface area contributed by atoms with E-state index in [2.05, 4.69) is 10.6 Å². The van der Waals surface area contributed by atoms with Crippen molar-refractivity contribution in [2.75, 3.05) is 0 Å². The number of carbonyl (C=O) groups is 2. The molecule has 0 unspecified atom stereocenters. The van der Waals surface area contributed by atoms with Crippen LogP contribution in [0.5, 0.6) is 0 Å². The van der Waals surface area contributed by atoms with Gasteiger partial charge in [-0.05, 0) is 29.3 Å². The number of nitrogens with one attached hydrogen (secondary N) is 2. The molecule has 1 aromatic rings. The minimum absolute atomic E-state index is 0.295. The zero-order chi connectivity index (χ0) is 9.47. The molecule has 1 atom stereocenters. The van der Waals surface area contributed by atoms with E-state index in [0.717, 1.165) is 5.56 Å². The minimum atomic E-state index is -0.892. The first-order valence-corrected chi connectivity index (χ1v) is 4.73. The Bertz CT molecular complexity index is 360. The normalized spacial score (nSPS) is 27.2. The molecule has 5 heteroatoms. The number of imide groups is 1. The molecular weight excluding hydrogens is 188 g/mol. The Morgan fingerprint density at radius 1 is 1.46 bits per heavy atom. The van der Waals surface area contributed by atoms with Crippen molar-refractivity contribution in [3.05, 3.63) is 22.4 Å².